The lowest BCUT2D eigenvalue weighted by Crippen LogP contribution is -2.30. The van der Waals surface area contributed by atoms with Crippen molar-refractivity contribution < 1.29 is 4.52 Å². The summed E-state index contributed by atoms with van der Waals surface area (Å²) in [6, 6.07) is 0.263. The van der Waals surface area contributed by atoms with Crippen LogP contribution in [-0.2, 0) is 0 Å². The van der Waals surface area contributed by atoms with E-state index in [2.05, 4.69) is 15.5 Å². The van der Waals surface area contributed by atoms with Crippen molar-refractivity contribution in [2.24, 2.45) is 0 Å². The van der Waals surface area contributed by atoms with E-state index in [1.54, 1.807) is 0 Å². The Bertz CT molecular complexity index is 324. The number of aromatic nitrogens is 2. The lowest BCUT2D eigenvalue weighted by atomic mass is 9.89. The molecular weight excluding hydrogens is 234 g/mol. The Kier molecular flexibility index (Phi) is 3.66. The van der Waals surface area contributed by atoms with Crippen LogP contribution in [0.3, 0.4) is 0 Å². The lowest BCUT2D eigenvalue weighted by molar-refractivity contribution is 0.332. The summed E-state index contributed by atoms with van der Waals surface area (Å²) in [5.41, 5.74) is 0. The molecule has 1 atom stereocenters. The maximum absolute atomic E-state index is 5.42. The zero-order valence-corrected chi connectivity index (χ0v) is 10.8. The summed E-state index contributed by atoms with van der Waals surface area (Å²) in [6.07, 6.45) is 6.44. The molecule has 4 nitrogen and oxygen atoms in total. The lowest BCUT2D eigenvalue weighted by Gasteiger charge is -2.19. The molecule has 1 aliphatic carbocycles. The average molecular weight is 253 g/mol. The summed E-state index contributed by atoms with van der Waals surface area (Å²) in [7, 11) is 0. The van der Waals surface area contributed by atoms with Crippen molar-refractivity contribution in [1.29, 1.82) is 0 Å². The highest BCUT2D eigenvalue weighted by Gasteiger charge is 2.25. The molecule has 94 valence electrons. The first-order valence-electron chi connectivity index (χ1n) is 6.58. The fraction of sp³-hybridized carbons (Fsp3) is 0.833. The molecule has 0 bridgehead atoms. The van der Waals surface area contributed by atoms with Crippen molar-refractivity contribution in [3.05, 3.63) is 11.7 Å². The fourth-order valence-corrected chi connectivity index (χ4v) is 3.56. The van der Waals surface area contributed by atoms with Crippen LogP contribution in [0.2, 0.25) is 0 Å². The Morgan fingerprint density at radius 1 is 1.24 bits per heavy atom. The van der Waals surface area contributed by atoms with Gasteiger partial charge in [0.2, 0.25) is 5.89 Å². The molecule has 1 saturated carbocycles. The second kappa shape index (κ2) is 5.40. The van der Waals surface area contributed by atoms with Crippen LogP contribution in [0.5, 0.6) is 0 Å². The van der Waals surface area contributed by atoms with Gasteiger partial charge in [-0.15, -0.1) is 0 Å². The number of rotatable bonds is 2. The second-order valence-corrected chi connectivity index (χ2v) is 6.06. The second-order valence-electron chi connectivity index (χ2n) is 4.91. The van der Waals surface area contributed by atoms with Gasteiger partial charge in [-0.2, -0.15) is 16.7 Å². The molecule has 1 N–H and O–H groups in total. The molecule has 1 aromatic heterocycles. The van der Waals surface area contributed by atoms with Crippen molar-refractivity contribution in [1.82, 2.24) is 15.5 Å². The van der Waals surface area contributed by atoms with Gasteiger partial charge in [-0.1, -0.05) is 24.4 Å². The highest BCUT2D eigenvalue weighted by atomic mass is 32.2. The van der Waals surface area contributed by atoms with Crippen molar-refractivity contribution in [2.45, 2.75) is 44.1 Å². The van der Waals surface area contributed by atoms with E-state index >= 15 is 0 Å². The largest absolute Gasteiger partial charge is 0.338 e. The van der Waals surface area contributed by atoms with E-state index in [1.807, 2.05) is 11.8 Å². The molecule has 1 aliphatic heterocycles. The first kappa shape index (κ1) is 11.5. The van der Waals surface area contributed by atoms with Crippen LogP contribution in [0.25, 0.3) is 0 Å². The number of hydrogen-bond acceptors (Lipinski definition) is 5. The van der Waals surface area contributed by atoms with Crippen LogP contribution >= 0.6 is 11.8 Å². The molecule has 3 rings (SSSR count). The quantitative estimate of drug-likeness (QED) is 0.877. The zero-order valence-electron chi connectivity index (χ0n) is 10.0. The molecule has 2 fully saturated rings. The normalized spacial score (nSPS) is 27.2. The van der Waals surface area contributed by atoms with E-state index in [9.17, 15) is 0 Å². The third-order valence-electron chi connectivity index (χ3n) is 3.65. The van der Waals surface area contributed by atoms with Gasteiger partial charge in [0.25, 0.3) is 0 Å². The number of nitrogens with zero attached hydrogens (tertiary/aromatic N) is 2. The van der Waals surface area contributed by atoms with Crippen LogP contribution in [0.15, 0.2) is 4.52 Å². The average Bonchev–Trinajstić information content (AvgIpc) is 2.90. The summed E-state index contributed by atoms with van der Waals surface area (Å²) in [6.45, 7) is 1.04. The summed E-state index contributed by atoms with van der Waals surface area (Å²) in [5, 5.41) is 7.61. The van der Waals surface area contributed by atoms with Crippen molar-refractivity contribution in [3.8, 4) is 0 Å². The van der Waals surface area contributed by atoms with Gasteiger partial charge in [0, 0.05) is 24.0 Å². The van der Waals surface area contributed by atoms with Crippen LogP contribution in [0, 0.1) is 0 Å². The van der Waals surface area contributed by atoms with E-state index in [1.165, 1.54) is 37.9 Å². The molecule has 1 aromatic rings. The summed E-state index contributed by atoms with van der Waals surface area (Å²) < 4.78 is 5.42. The molecular formula is C12H19N3OS. The van der Waals surface area contributed by atoms with Crippen molar-refractivity contribution >= 4 is 11.8 Å². The van der Waals surface area contributed by atoms with Crippen LogP contribution in [0.1, 0.15) is 55.8 Å². The topological polar surface area (TPSA) is 51.0 Å². The van der Waals surface area contributed by atoms with Crippen LogP contribution < -0.4 is 5.32 Å². The van der Waals surface area contributed by atoms with Crippen LogP contribution in [0.4, 0.5) is 0 Å². The standard InChI is InChI=1S/C12H19N3OS/c1-2-4-9(5-3-1)11-14-12(16-15-11)10-8-17-7-6-13-10/h9-10,13H,1-8H2. The third-order valence-corrected chi connectivity index (χ3v) is 4.71. The summed E-state index contributed by atoms with van der Waals surface area (Å²) in [4.78, 5) is 4.60. The molecule has 1 saturated heterocycles. The Morgan fingerprint density at radius 2 is 2.12 bits per heavy atom. The monoisotopic (exact) mass is 253 g/mol. The first-order valence-corrected chi connectivity index (χ1v) is 7.73. The molecule has 0 amide bonds. The van der Waals surface area contributed by atoms with Gasteiger partial charge >= 0.3 is 0 Å². The third kappa shape index (κ3) is 2.65. The SMILES string of the molecule is C1CCC(c2noc(C3CSCCN3)n2)CC1. The molecule has 2 aliphatic rings. The highest BCUT2D eigenvalue weighted by molar-refractivity contribution is 7.99. The molecule has 17 heavy (non-hydrogen) atoms. The van der Waals surface area contributed by atoms with E-state index < -0.39 is 0 Å². The summed E-state index contributed by atoms with van der Waals surface area (Å²) in [5.74, 6) is 4.50. The molecule has 0 aromatic carbocycles. The van der Waals surface area contributed by atoms with Crippen molar-refractivity contribution in [3.63, 3.8) is 0 Å². The van der Waals surface area contributed by atoms with Gasteiger partial charge < -0.3 is 9.84 Å². The van der Waals surface area contributed by atoms with Gasteiger partial charge in [0.05, 0.1) is 6.04 Å². The van der Waals surface area contributed by atoms with E-state index in [0.717, 1.165) is 24.0 Å². The van der Waals surface area contributed by atoms with Crippen LogP contribution in [-0.4, -0.2) is 28.2 Å². The smallest absolute Gasteiger partial charge is 0.244 e. The zero-order chi connectivity index (χ0) is 11.5. The van der Waals surface area contributed by atoms with Crippen molar-refractivity contribution in [2.75, 3.05) is 18.1 Å². The van der Waals surface area contributed by atoms with Gasteiger partial charge in [0.1, 0.15) is 0 Å². The minimum atomic E-state index is 0.263. The van der Waals surface area contributed by atoms with E-state index in [4.69, 9.17) is 4.52 Å². The molecule has 2 heterocycles. The predicted octanol–water partition coefficient (Wildman–Crippen LogP) is 2.49. The summed E-state index contributed by atoms with van der Waals surface area (Å²) >= 11 is 1.95. The molecule has 0 radical (unpaired) electrons. The Hall–Kier alpha value is -0.550. The van der Waals surface area contributed by atoms with E-state index in [-0.39, 0.29) is 6.04 Å². The number of thioether (sulfide) groups is 1. The van der Waals surface area contributed by atoms with E-state index in [0.29, 0.717) is 5.92 Å². The highest BCUT2D eigenvalue weighted by Crippen LogP contribution is 2.31. The number of nitrogens with one attached hydrogen (secondary N) is 1. The first-order chi connectivity index (χ1) is 8.43. The maximum Gasteiger partial charge on any atom is 0.244 e. The van der Waals surface area contributed by atoms with Gasteiger partial charge in [-0.05, 0) is 12.8 Å². The Balaban J connectivity index is 1.68. The number of hydrogen-bond donors (Lipinski definition) is 1. The Morgan fingerprint density at radius 3 is 2.88 bits per heavy atom. The minimum absolute atomic E-state index is 0.263. The molecule has 1 unspecified atom stereocenters. The van der Waals surface area contributed by atoms with Gasteiger partial charge in [-0.25, -0.2) is 0 Å². The minimum Gasteiger partial charge on any atom is -0.338 e. The van der Waals surface area contributed by atoms with Gasteiger partial charge in [0.15, 0.2) is 5.82 Å². The maximum atomic E-state index is 5.42. The Labute approximate surface area is 106 Å². The molecule has 5 heteroatoms. The predicted molar refractivity (Wildman–Crippen MR) is 68.2 cm³/mol. The van der Waals surface area contributed by atoms with Gasteiger partial charge in [-0.3, -0.25) is 0 Å². The fourth-order valence-electron chi connectivity index (χ4n) is 2.64. The molecule has 0 spiro atoms.